The minimum absolute atomic E-state index is 0.00839. The van der Waals surface area contributed by atoms with Crippen LogP contribution in [0.25, 0.3) is 0 Å². The molecule has 0 aliphatic carbocycles. The van der Waals surface area contributed by atoms with E-state index in [2.05, 4.69) is 6.58 Å². The molecule has 2 unspecified atom stereocenters. The molecule has 0 aromatic heterocycles. The molecule has 5 atom stereocenters. The lowest BCUT2D eigenvalue weighted by Gasteiger charge is -2.38. The number of hydrogen-bond donors (Lipinski definition) is 1. The summed E-state index contributed by atoms with van der Waals surface area (Å²) in [5, 5.41) is 9.32. The minimum Gasteiger partial charge on any atom is -0.466 e. The molecule has 3 aliphatic heterocycles. The molecular weight excluding hydrogens is 464 g/mol. The average molecular weight is 501 g/mol. The number of nitrogens with zero attached hydrogens (tertiary/aromatic N) is 2. The molecule has 2 amide bonds. The van der Waals surface area contributed by atoms with Crippen LogP contribution in [-0.4, -0.2) is 70.1 Å². The molecule has 2 bridgehead atoms. The molecule has 7 nitrogen and oxygen atoms in total. The van der Waals surface area contributed by atoms with Gasteiger partial charge in [-0.25, -0.2) is 0 Å². The molecule has 4 rings (SSSR count). The highest BCUT2D eigenvalue weighted by molar-refractivity contribution is 8.02. The topological polar surface area (TPSA) is 87.2 Å². The smallest absolute Gasteiger partial charge is 0.310 e. The van der Waals surface area contributed by atoms with Crippen LogP contribution in [0.1, 0.15) is 43.7 Å². The molecule has 3 fully saturated rings. The van der Waals surface area contributed by atoms with Crippen molar-refractivity contribution in [1.29, 1.82) is 0 Å². The van der Waals surface area contributed by atoms with Crippen LogP contribution in [0.4, 0.5) is 5.69 Å². The van der Waals surface area contributed by atoms with Gasteiger partial charge in [-0.15, -0.1) is 18.3 Å². The number of carbonyl (C=O) groups is 3. The van der Waals surface area contributed by atoms with Crippen molar-refractivity contribution in [3.05, 3.63) is 42.0 Å². The van der Waals surface area contributed by atoms with Crippen molar-refractivity contribution in [2.24, 2.45) is 11.8 Å². The van der Waals surface area contributed by atoms with Gasteiger partial charge in [0.15, 0.2) is 0 Å². The Hall–Kier alpha value is -2.32. The van der Waals surface area contributed by atoms with E-state index in [0.717, 1.165) is 29.7 Å². The van der Waals surface area contributed by atoms with Crippen molar-refractivity contribution in [2.75, 3.05) is 31.2 Å². The quantitative estimate of drug-likeness (QED) is 0.302. The van der Waals surface area contributed by atoms with Crippen LogP contribution >= 0.6 is 11.8 Å². The van der Waals surface area contributed by atoms with Gasteiger partial charge >= 0.3 is 5.97 Å². The lowest BCUT2D eigenvalue weighted by Crippen LogP contribution is -2.55. The maximum Gasteiger partial charge on any atom is 0.310 e. The SMILES string of the molecule is C=CCN(C(=O)C1N(CCCCO)C(=O)[C@@H]2[C@@H](C(=O)OCC)[C@H]3CCC12S3)c1c(C)cccc1C. The molecular formula is C27H36N2O5S. The molecule has 190 valence electrons. The van der Waals surface area contributed by atoms with E-state index in [9.17, 15) is 19.5 Å². The third-order valence-corrected chi connectivity index (χ3v) is 9.64. The van der Waals surface area contributed by atoms with Crippen molar-refractivity contribution < 1.29 is 24.2 Å². The first-order valence-electron chi connectivity index (χ1n) is 12.6. The molecule has 1 aromatic rings. The lowest BCUT2D eigenvalue weighted by atomic mass is 9.71. The highest BCUT2D eigenvalue weighted by atomic mass is 32.2. The number of aliphatic hydroxyl groups is 1. The number of aryl methyl sites for hydroxylation is 2. The van der Waals surface area contributed by atoms with Crippen LogP contribution in [0.3, 0.4) is 0 Å². The van der Waals surface area contributed by atoms with Crippen LogP contribution < -0.4 is 4.90 Å². The van der Waals surface area contributed by atoms with Gasteiger partial charge in [-0.05, 0) is 57.6 Å². The Bertz CT molecular complexity index is 993. The van der Waals surface area contributed by atoms with E-state index >= 15 is 0 Å². The first kappa shape index (κ1) is 25.8. The number of aliphatic hydroxyl groups excluding tert-OH is 1. The summed E-state index contributed by atoms with van der Waals surface area (Å²) in [5.41, 5.74) is 2.82. The Morgan fingerprint density at radius 2 is 2.03 bits per heavy atom. The standard InChI is InChI=1S/C27H36N2O5S/c1-5-14-28(22-17(3)10-9-11-18(22)4)25(32)23-27-13-12-19(35-27)20(26(33)34-6-2)21(27)24(31)29(23)15-7-8-16-30/h5,9-11,19-21,23,30H,1,6-8,12-16H2,2-4H3/t19-,20+,21+,23?,27?/m1/s1. The number of benzene rings is 1. The van der Waals surface area contributed by atoms with Gasteiger partial charge in [-0.2, -0.15) is 0 Å². The number of unbranched alkanes of at least 4 members (excludes halogenated alkanes) is 1. The number of ether oxygens (including phenoxy) is 1. The number of para-hydroxylation sites is 1. The Kier molecular flexibility index (Phi) is 7.62. The number of hydrogen-bond acceptors (Lipinski definition) is 6. The third kappa shape index (κ3) is 4.18. The zero-order valence-corrected chi connectivity index (χ0v) is 21.7. The summed E-state index contributed by atoms with van der Waals surface area (Å²) in [6.07, 6.45) is 4.37. The highest BCUT2D eigenvalue weighted by Crippen LogP contribution is 2.66. The molecule has 35 heavy (non-hydrogen) atoms. The maximum absolute atomic E-state index is 14.5. The van der Waals surface area contributed by atoms with E-state index in [1.165, 1.54) is 0 Å². The average Bonchev–Trinajstić information content (AvgIpc) is 3.46. The summed E-state index contributed by atoms with van der Waals surface area (Å²) >= 11 is 1.65. The first-order valence-corrected chi connectivity index (χ1v) is 13.4. The van der Waals surface area contributed by atoms with Crippen molar-refractivity contribution in [2.45, 2.75) is 62.5 Å². The number of thioether (sulfide) groups is 1. The molecule has 3 aliphatic rings. The molecule has 1 aromatic carbocycles. The third-order valence-electron chi connectivity index (χ3n) is 7.69. The highest BCUT2D eigenvalue weighted by Gasteiger charge is 2.74. The van der Waals surface area contributed by atoms with Gasteiger partial charge in [0, 0.05) is 30.6 Å². The fourth-order valence-corrected chi connectivity index (χ4v) is 8.57. The van der Waals surface area contributed by atoms with Gasteiger partial charge in [0.1, 0.15) is 6.04 Å². The zero-order chi connectivity index (χ0) is 25.3. The van der Waals surface area contributed by atoms with E-state index < -0.39 is 22.6 Å². The van der Waals surface area contributed by atoms with Gasteiger partial charge in [0.2, 0.25) is 5.91 Å². The Morgan fingerprint density at radius 1 is 1.31 bits per heavy atom. The number of amides is 2. The summed E-state index contributed by atoms with van der Waals surface area (Å²) in [6.45, 7) is 10.6. The van der Waals surface area contributed by atoms with Crippen LogP contribution in [0.2, 0.25) is 0 Å². The number of carbonyl (C=O) groups excluding carboxylic acids is 3. The number of rotatable bonds is 10. The zero-order valence-electron chi connectivity index (χ0n) is 20.9. The number of anilines is 1. The van der Waals surface area contributed by atoms with E-state index in [4.69, 9.17) is 4.74 Å². The van der Waals surface area contributed by atoms with Crippen LogP contribution in [0, 0.1) is 25.7 Å². The molecule has 3 heterocycles. The van der Waals surface area contributed by atoms with Gasteiger partial charge in [-0.1, -0.05) is 24.3 Å². The summed E-state index contributed by atoms with van der Waals surface area (Å²) in [5.74, 6) is -1.66. The second kappa shape index (κ2) is 10.3. The van der Waals surface area contributed by atoms with Crippen LogP contribution in [0.5, 0.6) is 0 Å². The van der Waals surface area contributed by atoms with Crippen LogP contribution in [-0.2, 0) is 19.1 Å². The first-order chi connectivity index (χ1) is 16.8. The second-order valence-corrected chi connectivity index (χ2v) is 11.3. The minimum atomic E-state index is -0.674. The summed E-state index contributed by atoms with van der Waals surface area (Å²) in [7, 11) is 0. The molecule has 3 saturated heterocycles. The van der Waals surface area contributed by atoms with E-state index in [1.807, 2.05) is 32.0 Å². The Balaban J connectivity index is 1.78. The van der Waals surface area contributed by atoms with Gasteiger partial charge < -0.3 is 19.6 Å². The van der Waals surface area contributed by atoms with Crippen LogP contribution in [0.15, 0.2) is 30.9 Å². The normalized spacial score (nSPS) is 28.8. The van der Waals surface area contributed by atoms with Crippen molar-refractivity contribution >= 4 is 35.2 Å². The van der Waals surface area contributed by atoms with Gasteiger partial charge in [0.05, 0.1) is 23.2 Å². The van der Waals surface area contributed by atoms with E-state index in [0.29, 0.717) is 25.9 Å². The van der Waals surface area contributed by atoms with Crippen molar-refractivity contribution in [1.82, 2.24) is 4.90 Å². The molecule has 1 spiro atoms. The predicted octanol–water partition coefficient (Wildman–Crippen LogP) is 3.25. The van der Waals surface area contributed by atoms with E-state index in [-0.39, 0.29) is 36.2 Å². The van der Waals surface area contributed by atoms with Crippen molar-refractivity contribution in [3.63, 3.8) is 0 Å². The van der Waals surface area contributed by atoms with Gasteiger partial charge in [-0.3, -0.25) is 14.4 Å². The molecule has 0 saturated carbocycles. The largest absolute Gasteiger partial charge is 0.466 e. The summed E-state index contributed by atoms with van der Waals surface area (Å²) < 4.78 is 4.74. The molecule has 8 heteroatoms. The maximum atomic E-state index is 14.5. The number of esters is 1. The number of likely N-dealkylation sites (tertiary alicyclic amines) is 1. The van der Waals surface area contributed by atoms with E-state index in [1.54, 1.807) is 34.6 Å². The fraction of sp³-hybridized carbons (Fsp3) is 0.593. The Labute approximate surface area is 211 Å². The summed E-state index contributed by atoms with van der Waals surface area (Å²) in [6, 6.07) is 5.27. The van der Waals surface area contributed by atoms with Gasteiger partial charge in [0.25, 0.3) is 5.91 Å². The predicted molar refractivity (Wildman–Crippen MR) is 137 cm³/mol. The summed E-state index contributed by atoms with van der Waals surface area (Å²) in [4.78, 5) is 44.8. The monoisotopic (exact) mass is 500 g/mol. The lowest BCUT2D eigenvalue weighted by molar-refractivity contribution is -0.153. The van der Waals surface area contributed by atoms with Crippen molar-refractivity contribution in [3.8, 4) is 0 Å². The number of fused-ring (bicyclic) bond motifs is 1. The molecule has 0 radical (unpaired) electrons. The Morgan fingerprint density at radius 3 is 2.66 bits per heavy atom. The second-order valence-electron chi connectivity index (χ2n) is 9.75. The fourth-order valence-electron chi connectivity index (χ4n) is 6.37. The molecule has 1 N–H and O–H groups in total.